The molecule has 0 radical (unpaired) electrons. The van der Waals surface area contributed by atoms with Crippen molar-refractivity contribution in [2.45, 2.75) is 0 Å². The number of nitrogens with zero attached hydrogens (tertiary/aromatic N) is 1. The smallest absolute Gasteiger partial charge is 0.0547 e. The molecule has 2 heterocycles. The Labute approximate surface area is 243 Å². The van der Waals surface area contributed by atoms with E-state index in [1.807, 2.05) is 0 Å². The van der Waals surface area contributed by atoms with Gasteiger partial charge in [0.05, 0.1) is 11.0 Å². The van der Waals surface area contributed by atoms with Crippen molar-refractivity contribution < 1.29 is 0 Å². The molecular weight excluding hydrogens is 508 g/mol. The number of rotatable bonds is 3. The number of nitrogens with one attached hydrogen (secondary N) is 1. The molecule has 7 aromatic carbocycles. The molecule has 1 N–H and O–H groups in total. The fourth-order valence-corrected chi connectivity index (χ4v) is 6.68. The van der Waals surface area contributed by atoms with Crippen LogP contribution in [0.3, 0.4) is 0 Å². The van der Waals surface area contributed by atoms with Gasteiger partial charge in [0.2, 0.25) is 0 Å². The number of fused-ring (bicyclic) bond motifs is 7. The van der Waals surface area contributed by atoms with Gasteiger partial charge in [-0.25, -0.2) is 0 Å². The molecule has 196 valence electrons. The maximum absolute atomic E-state index is 3.62. The highest BCUT2D eigenvalue weighted by molar-refractivity contribution is 6.17. The van der Waals surface area contributed by atoms with Crippen molar-refractivity contribution in [3.8, 4) is 27.9 Å². The Morgan fingerprint density at radius 1 is 0.357 bits per heavy atom. The minimum atomic E-state index is 1.16. The Morgan fingerprint density at radius 3 is 1.69 bits per heavy atom. The van der Waals surface area contributed by atoms with Gasteiger partial charge in [-0.2, -0.15) is 0 Å². The van der Waals surface area contributed by atoms with E-state index in [9.17, 15) is 0 Å². The van der Waals surface area contributed by atoms with Crippen molar-refractivity contribution in [2.24, 2.45) is 0 Å². The van der Waals surface area contributed by atoms with Gasteiger partial charge in [-0.15, -0.1) is 0 Å². The Bertz CT molecular complexity index is 2390. The van der Waals surface area contributed by atoms with E-state index in [2.05, 4.69) is 161 Å². The first-order valence-corrected chi connectivity index (χ1v) is 14.4. The molecule has 0 fully saturated rings. The third kappa shape index (κ3) is 3.52. The van der Waals surface area contributed by atoms with Gasteiger partial charge in [0.1, 0.15) is 0 Å². The monoisotopic (exact) mass is 534 g/mol. The van der Waals surface area contributed by atoms with E-state index in [1.54, 1.807) is 0 Å². The number of benzene rings is 7. The molecule has 42 heavy (non-hydrogen) atoms. The van der Waals surface area contributed by atoms with Gasteiger partial charge in [0.15, 0.2) is 0 Å². The highest BCUT2D eigenvalue weighted by Gasteiger charge is 2.16. The molecule has 0 unspecified atom stereocenters. The van der Waals surface area contributed by atoms with E-state index in [0.717, 1.165) is 5.69 Å². The van der Waals surface area contributed by atoms with Crippen LogP contribution in [0.2, 0.25) is 0 Å². The fraction of sp³-hybridized carbons (Fsp3) is 0. The lowest BCUT2D eigenvalue weighted by Gasteiger charge is -2.14. The Morgan fingerprint density at radius 2 is 0.952 bits per heavy atom. The predicted molar refractivity (Wildman–Crippen MR) is 179 cm³/mol. The van der Waals surface area contributed by atoms with Gasteiger partial charge in [0, 0.05) is 38.3 Å². The van der Waals surface area contributed by atoms with Gasteiger partial charge in [-0.1, -0.05) is 97.1 Å². The highest BCUT2D eigenvalue weighted by Crippen LogP contribution is 2.39. The molecule has 0 saturated carbocycles. The molecule has 0 saturated heterocycles. The summed E-state index contributed by atoms with van der Waals surface area (Å²) in [6.45, 7) is 0. The largest absolute Gasteiger partial charge is 0.354 e. The fourth-order valence-electron chi connectivity index (χ4n) is 6.68. The second-order valence-corrected chi connectivity index (χ2v) is 11.1. The molecule has 2 aromatic heterocycles. The lowest BCUT2D eigenvalue weighted by Crippen LogP contribution is -1.96. The van der Waals surface area contributed by atoms with Crippen LogP contribution in [0.1, 0.15) is 0 Å². The maximum Gasteiger partial charge on any atom is 0.0547 e. The van der Waals surface area contributed by atoms with E-state index < -0.39 is 0 Å². The summed E-state index contributed by atoms with van der Waals surface area (Å²) in [4.78, 5) is 3.62. The third-order valence-corrected chi connectivity index (χ3v) is 8.64. The van der Waals surface area contributed by atoms with Gasteiger partial charge in [-0.05, 0) is 87.6 Å². The first kappa shape index (κ1) is 23.1. The molecule has 0 bridgehead atoms. The van der Waals surface area contributed by atoms with E-state index in [1.165, 1.54) is 76.6 Å². The van der Waals surface area contributed by atoms with E-state index >= 15 is 0 Å². The van der Waals surface area contributed by atoms with Gasteiger partial charge in [-0.3, -0.25) is 0 Å². The minimum absolute atomic E-state index is 1.16. The van der Waals surface area contributed by atoms with Crippen LogP contribution < -0.4 is 0 Å². The lowest BCUT2D eigenvalue weighted by atomic mass is 9.98. The van der Waals surface area contributed by atoms with Crippen LogP contribution in [0.4, 0.5) is 0 Å². The summed E-state index contributed by atoms with van der Waals surface area (Å²) >= 11 is 0. The molecule has 9 aromatic rings. The van der Waals surface area contributed by atoms with Crippen LogP contribution in [0, 0.1) is 0 Å². The van der Waals surface area contributed by atoms with Crippen LogP contribution in [-0.4, -0.2) is 9.55 Å². The maximum atomic E-state index is 3.62. The lowest BCUT2D eigenvalue weighted by molar-refractivity contribution is 1.18. The van der Waals surface area contributed by atoms with Crippen molar-refractivity contribution >= 4 is 54.4 Å². The molecule has 0 aliphatic rings. The zero-order valence-corrected chi connectivity index (χ0v) is 22.9. The van der Waals surface area contributed by atoms with Crippen LogP contribution in [0.5, 0.6) is 0 Å². The van der Waals surface area contributed by atoms with Crippen LogP contribution in [-0.2, 0) is 0 Å². The molecule has 0 spiro atoms. The zero-order valence-electron chi connectivity index (χ0n) is 22.9. The average Bonchev–Trinajstić information content (AvgIpc) is 3.58. The quantitative estimate of drug-likeness (QED) is 0.233. The van der Waals surface area contributed by atoms with E-state index in [0.29, 0.717) is 0 Å². The summed E-state index contributed by atoms with van der Waals surface area (Å²) in [6, 6.07) is 55.1. The number of hydrogen-bond acceptors (Lipinski definition) is 0. The number of para-hydroxylation sites is 2. The Hall–Kier alpha value is -5.60. The van der Waals surface area contributed by atoms with Gasteiger partial charge < -0.3 is 9.55 Å². The number of hydrogen-bond donors (Lipinski definition) is 1. The van der Waals surface area contributed by atoms with Crippen LogP contribution in [0.15, 0.2) is 152 Å². The molecular formula is C40H26N2. The van der Waals surface area contributed by atoms with Crippen molar-refractivity contribution in [2.75, 3.05) is 0 Å². The Balaban J connectivity index is 1.37. The topological polar surface area (TPSA) is 20.7 Å². The van der Waals surface area contributed by atoms with E-state index in [-0.39, 0.29) is 0 Å². The SMILES string of the molecule is c1ccc(-c2cc(-c3ccccc3)cc(-n3c4ccccc4c4cc5cc6[nH]c7ccccc7c6cc5cc43)c2)cc1. The number of aromatic nitrogens is 2. The Kier molecular flexibility index (Phi) is 4.93. The summed E-state index contributed by atoms with van der Waals surface area (Å²) in [6.07, 6.45) is 0. The first-order chi connectivity index (χ1) is 20.8. The van der Waals surface area contributed by atoms with Crippen molar-refractivity contribution in [3.05, 3.63) is 152 Å². The van der Waals surface area contributed by atoms with Crippen LogP contribution >= 0.6 is 0 Å². The normalized spacial score (nSPS) is 11.8. The van der Waals surface area contributed by atoms with Crippen molar-refractivity contribution in [1.29, 1.82) is 0 Å². The molecule has 0 aliphatic carbocycles. The number of aromatic amines is 1. The summed E-state index contributed by atoms with van der Waals surface area (Å²) in [5.41, 5.74) is 10.8. The standard InChI is InChI=1S/C40H26N2/c1-3-11-26(12-4-1)28-19-29(27-13-5-2-6-14-27)21-32(20-28)42-39-18-10-8-16-34(39)36-23-30-24-38-35(22-31(30)25-40(36)42)33-15-7-9-17-37(33)41-38/h1-25,41H. The minimum Gasteiger partial charge on any atom is -0.354 e. The average molecular weight is 535 g/mol. The van der Waals surface area contributed by atoms with Crippen LogP contribution in [0.25, 0.3) is 82.3 Å². The van der Waals surface area contributed by atoms with Crippen molar-refractivity contribution in [1.82, 2.24) is 9.55 Å². The van der Waals surface area contributed by atoms with Gasteiger partial charge in [0.25, 0.3) is 0 Å². The first-order valence-electron chi connectivity index (χ1n) is 14.4. The molecule has 2 nitrogen and oxygen atoms in total. The summed E-state index contributed by atoms with van der Waals surface area (Å²) in [7, 11) is 0. The predicted octanol–water partition coefficient (Wildman–Crippen LogP) is 10.9. The molecule has 0 atom stereocenters. The highest BCUT2D eigenvalue weighted by atomic mass is 15.0. The summed E-state index contributed by atoms with van der Waals surface area (Å²) < 4.78 is 2.45. The molecule has 0 aliphatic heterocycles. The molecule has 0 amide bonds. The number of H-pyrrole nitrogens is 1. The van der Waals surface area contributed by atoms with E-state index in [4.69, 9.17) is 0 Å². The molecule has 2 heteroatoms. The zero-order chi connectivity index (χ0) is 27.6. The van der Waals surface area contributed by atoms with Gasteiger partial charge >= 0.3 is 0 Å². The van der Waals surface area contributed by atoms with Crippen molar-refractivity contribution in [3.63, 3.8) is 0 Å². The molecule has 9 rings (SSSR count). The third-order valence-electron chi connectivity index (χ3n) is 8.64. The second kappa shape index (κ2) is 8.95. The second-order valence-electron chi connectivity index (χ2n) is 11.1. The summed E-state index contributed by atoms with van der Waals surface area (Å²) in [5.74, 6) is 0. The summed E-state index contributed by atoms with van der Waals surface area (Å²) in [5, 5.41) is 7.53.